The van der Waals surface area contributed by atoms with E-state index in [0.29, 0.717) is 12.0 Å². The van der Waals surface area contributed by atoms with Gasteiger partial charge in [0.05, 0.1) is 17.1 Å². The minimum absolute atomic E-state index is 0.584. The first-order valence-corrected chi connectivity index (χ1v) is 7.38. The molecule has 3 rings (SSSR count). The number of benzene rings is 1. The van der Waals surface area contributed by atoms with Crippen LogP contribution < -0.4 is 5.32 Å². The zero-order chi connectivity index (χ0) is 14.3. The lowest BCUT2D eigenvalue weighted by atomic mass is 9.74. The largest absolute Gasteiger partial charge is 0.379 e. The quantitative estimate of drug-likeness (QED) is 0.920. The minimum atomic E-state index is 0.584. The summed E-state index contributed by atoms with van der Waals surface area (Å²) in [5.74, 6) is 0.714. The second-order valence-electron chi connectivity index (χ2n) is 6.04. The van der Waals surface area contributed by atoms with Crippen molar-refractivity contribution in [3.05, 3.63) is 46.8 Å². The average molecular weight is 269 g/mol. The van der Waals surface area contributed by atoms with E-state index in [1.165, 1.54) is 35.3 Å². The van der Waals surface area contributed by atoms with Crippen LogP contribution in [0.15, 0.2) is 24.3 Å². The molecule has 1 N–H and O–H groups in total. The van der Waals surface area contributed by atoms with E-state index in [9.17, 15) is 0 Å². The zero-order valence-corrected chi connectivity index (χ0v) is 12.8. The molecule has 106 valence electrons. The van der Waals surface area contributed by atoms with E-state index in [-0.39, 0.29) is 0 Å². The molecule has 0 unspecified atom stereocenters. The molecule has 0 bridgehead atoms. The van der Waals surface area contributed by atoms with E-state index < -0.39 is 0 Å². The highest BCUT2D eigenvalue weighted by molar-refractivity contribution is 5.53. The van der Waals surface area contributed by atoms with E-state index in [4.69, 9.17) is 0 Å². The lowest BCUT2D eigenvalue weighted by Crippen LogP contribution is -2.34. The summed E-state index contributed by atoms with van der Waals surface area (Å²) in [5, 5.41) is 8.14. The van der Waals surface area contributed by atoms with E-state index in [1.54, 1.807) is 0 Å². The highest BCUT2D eigenvalue weighted by atomic mass is 15.3. The topological polar surface area (TPSA) is 29.9 Å². The van der Waals surface area contributed by atoms with Crippen molar-refractivity contribution in [1.82, 2.24) is 9.78 Å². The van der Waals surface area contributed by atoms with Crippen molar-refractivity contribution in [3.63, 3.8) is 0 Å². The summed E-state index contributed by atoms with van der Waals surface area (Å²) in [6, 6.07) is 9.34. The van der Waals surface area contributed by atoms with Crippen molar-refractivity contribution in [2.45, 2.75) is 45.6 Å². The number of nitrogens with one attached hydrogen (secondary N) is 1. The number of hydrogen-bond acceptors (Lipinski definition) is 2. The van der Waals surface area contributed by atoms with E-state index in [2.05, 4.69) is 55.5 Å². The Bertz CT molecular complexity index is 621. The number of anilines is 1. The molecule has 1 aromatic carbocycles. The van der Waals surface area contributed by atoms with E-state index in [1.807, 2.05) is 11.7 Å². The van der Waals surface area contributed by atoms with Gasteiger partial charge < -0.3 is 5.32 Å². The second-order valence-corrected chi connectivity index (χ2v) is 6.04. The monoisotopic (exact) mass is 269 g/mol. The molecule has 1 saturated carbocycles. The molecule has 0 spiro atoms. The summed E-state index contributed by atoms with van der Waals surface area (Å²) in [5.41, 5.74) is 6.49. The van der Waals surface area contributed by atoms with Gasteiger partial charge in [-0.05, 0) is 50.7 Å². The normalized spacial score (nSPS) is 21.6. The summed E-state index contributed by atoms with van der Waals surface area (Å²) in [6.45, 7) is 6.41. The van der Waals surface area contributed by atoms with Gasteiger partial charge in [-0.1, -0.05) is 24.3 Å². The van der Waals surface area contributed by atoms with Crippen LogP contribution in [0.25, 0.3) is 0 Å². The van der Waals surface area contributed by atoms with Gasteiger partial charge in [0, 0.05) is 13.1 Å². The Labute approximate surface area is 121 Å². The molecule has 1 fully saturated rings. The minimum Gasteiger partial charge on any atom is -0.379 e. The lowest BCUT2D eigenvalue weighted by molar-refractivity contribution is 0.372. The standard InChI is InChI=1S/C17H23N3/c1-11-7-5-6-8-16(11)14-9-15(10-14)18-17-12(2)19-20(4)13(17)3/h5-8,14-15,18H,9-10H2,1-4H3. The molecule has 0 radical (unpaired) electrons. The van der Waals surface area contributed by atoms with Crippen LogP contribution >= 0.6 is 0 Å². The predicted octanol–water partition coefficient (Wildman–Crippen LogP) is 3.70. The Morgan fingerprint density at radius 1 is 1.15 bits per heavy atom. The van der Waals surface area contributed by atoms with Gasteiger partial charge in [-0.15, -0.1) is 0 Å². The van der Waals surface area contributed by atoms with Crippen LogP contribution in [0.2, 0.25) is 0 Å². The van der Waals surface area contributed by atoms with Gasteiger partial charge in [-0.2, -0.15) is 5.10 Å². The smallest absolute Gasteiger partial charge is 0.0827 e. The van der Waals surface area contributed by atoms with Crippen LogP contribution in [0.5, 0.6) is 0 Å². The highest BCUT2D eigenvalue weighted by Gasteiger charge is 2.31. The Kier molecular flexibility index (Phi) is 3.28. The molecule has 2 aromatic rings. The number of hydrogen-bond donors (Lipinski definition) is 1. The molecule has 1 aliphatic carbocycles. The molecular formula is C17H23N3. The first-order chi connectivity index (χ1) is 9.56. The molecular weight excluding hydrogens is 246 g/mol. The second kappa shape index (κ2) is 4.97. The Morgan fingerprint density at radius 3 is 2.45 bits per heavy atom. The molecule has 3 nitrogen and oxygen atoms in total. The van der Waals surface area contributed by atoms with Crippen LogP contribution in [0.4, 0.5) is 5.69 Å². The predicted molar refractivity (Wildman–Crippen MR) is 83.2 cm³/mol. The number of rotatable bonds is 3. The number of aromatic nitrogens is 2. The van der Waals surface area contributed by atoms with Crippen molar-refractivity contribution in [1.29, 1.82) is 0 Å². The van der Waals surface area contributed by atoms with Gasteiger partial charge in [0.1, 0.15) is 0 Å². The fraction of sp³-hybridized carbons (Fsp3) is 0.471. The number of aryl methyl sites for hydroxylation is 3. The fourth-order valence-corrected chi connectivity index (χ4v) is 3.22. The van der Waals surface area contributed by atoms with Crippen molar-refractivity contribution in [2.75, 3.05) is 5.32 Å². The van der Waals surface area contributed by atoms with E-state index in [0.717, 1.165) is 5.69 Å². The van der Waals surface area contributed by atoms with Crippen molar-refractivity contribution < 1.29 is 0 Å². The lowest BCUT2D eigenvalue weighted by Gasteiger charge is -2.37. The number of nitrogens with zero attached hydrogens (tertiary/aromatic N) is 2. The maximum absolute atomic E-state index is 4.47. The summed E-state index contributed by atoms with van der Waals surface area (Å²) >= 11 is 0. The average Bonchev–Trinajstić information content (AvgIpc) is 2.60. The molecule has 0 aliphatic heterocycles. The molecule has 1 heterocycles. The van der Waals surface area contributed by atoms with Gasteiger partial charge in [0.15, 0.2) is 0 Å². The summed E-state index contributed by atoms with van der Waals surface area (Å²) in [4.78, 5) is 0. The third-order valence-electron chi connectivity index (χ3n) is 4.62. The van der Waals surface area contributed by atoms with E-state index >= 15 is 0 Å². The van der Waals surface area contributed by atoms with Gasteiger partial charge >= 0.3 is 0 Å². The Morgan fingerprint density at radius 2 is 1.85 bits per heavy atom. The molecule has 20 heavy (non-hydrogen) atoms. The van der Waals surface area contributed by atoms with Crippen molar-refractivity contribution in [2.24, 2.45) is 7.05 Å². The molecule has 3 heteroatoms. The summed E-state index contributed by atoms with van der Waals surface area (Å²) < 4.78 is 1.95. The van der Waals surface area contributed by atoms with Gasteiger partial charge in [0.2, 0.25) is 0 Å². The SMILES string of the molecule is Cc1ccccc1C1CC(Nc2c(C)nn(C)c2C)C1. The van der Waals surface area contributed by atoms with Crippen LogP contribution in [0.3, 0.4) is 0 Å². The van der Waals surface area contributed by atoms with Gasteiger partial charge in [-0.3, -0.25) is 4.68 Å². The van der Waals surface area contributed by atoms with Gasteiger partial charge in [0.25, 0.3) is 0 Å². The zero-order valence-electron chi connectivity index (χ0n) is 12.8. The molecule has 1 aliphatic rings. The third-order valence-corrected chi connectivity index (χ3v) is 4.62. The fourth-order valence-electron chi connectivity index (χ4n) is 3.22. The Balaban J connectivity index is 1.65. The van der Waals surface area contributed by atoms with Gasteiger partial charge in [-0.25, -0.2) is 0 Å². The summed E-state index contributed by atoms with van der Waals surface area (Å²) in [6.07, 6.45) is 2.44. The Hall–Kier alpha value is -1.77. The van der Waals surface area contributed by atoms with Crippen LogP contribution in [0, 0.1) is 20.8 Å². The van der Waals surface area contributed by atoms with Crippen molar-refractivity contribution in [3.8, 4) is 0 Å². The first-order valence-electron chi connectivity index (χ1n) is 7.38. The first kappa shape index (κ1) is 13.2. The molecule has 1 aromatic heterocycles. The molecule has 0 saturated heterocycles. The third kappa shape index (κ3) is 2.21. The van der Waals surface area contributed by atoms with Crippen LogP contribution in [-0.2, 0) is 7.05 Å². The summed E-state index contributed by atoms with van der Waals surface area (Å²) in [7, 11) is 2.00. The maximum Gasteiger partial charge on any atom is 0.0827 e. The van der Waals surface area contributed by atoms with Crippen LogP contribution in [0.1, 0.15) is 41.3 Å². The molecule has 0 atom stereocenters. The maximum atomic E-state index is 4.47. The highest BCUT2D eigenvalue weighted by Crippen LogP contribution is 2.40. The van der Waals surface area contributed by atoms with Crippen molar-refractivity contribution >= 4 is 5.69 Å². The van der Waals surface area contributed by atoms with Crippen LogP contribution in [-0.4, -0.2) is 15.8 Å². The molecule has 0 amide bonds.